The van der Waals surface area contributed by atoms with E-state index in [1.165, 1.54) is 18.0 Å². The van der Waals surface area contributed by atoms with E-state index in [0.29, 0.717) is 70.2 Å². The fraction of sp³-hybridized carbons (Fsp3) is 0.368. The molecule has 0 bridgehead atoms. The van der Waals surface area contributed by atoms with Gasteiger partial charge in [0.25, 0.3) is 0 Å². The molecular formula is C38H42ClN7O6S. The molecule has 0 saturated heterocycles. The summed E-state index contributed by atoms with van der Waals surface area (Å²) in [5.41, 5.74) is 19.8. The normalized spacial score (nSPS) is 11.3. The van der Waals surface area contributed by atoms with E-state index in [4.69, 9.17) is 47.4 Å². The Hall–Kier alpha value is -5.12. The van der Waals surface area contributed by atoms with Gasteiger partial charge in [0.2, 0.25) is 5.89 Å². The number of thioether (sulfide) groups is 1. The highest BCUT2D eigenvalue weighted by Crippen LogP contribution is 2.37. The number of nitrogens with zero attached hydrogens (tertiary/aromatic N) is 4. The number of ether oxygens (including phenoxy) is 3. The van der Waals surface area contributed by atoms with E-state index in [9.17, 15) is 20.1 Å². The Kier molecular flexibility index (Phi) is 16.4. The monoisotopic (exact) mass is 759 g/mol. The lowest BCUT2D eigenvalue weighted by Crippen LogP contribution is -2.31. The summed E-state index contributed by atoms with van der Waals surface area (Å²) in [7, 11) is 0. The number of nitriles is 2. The van der Waals surface area contributed by atoms with E-state index in [2.05, 4.69) is 22.1 Å². The minimum atomic E-state index is -0.841. The van der Waals surface area contributed by atoms with Crippen LogP contribution in [0.2, 0.25) is 5.02 Å². The van der Waals surface area contributed by atoms with E-state index in [0.717, 1.165) is 31.2 Å². The number of carbonyl (C=O) groups is 2. The second-order valence-electron chi connectivity index (χ2n) is 11.9. The molecule has 2 aromatic heterocycles. The first-order chi connectivity index (χ1) is 25.8. The Morgan fingerprint density at radius 3 is 2.11 bits per heavy atom. The Balaban J connectivity index is 1.45. The van der Waals surface area contributed by atoms with E-state index in [1.807, 2.05) is 0 Å². The third kappa shape index (κ3) is 12.5. The molecule has 6 N–H and O–H groups in total. The average molecular weight is 760 g/mol. The number of hydrogen-bond acceptors (Lipinski definition) is 14. The maximum atomic E-state index is 12.5. The lowest BCUT2D eigenvalue weighted by atomic mass is 9.97. The number of nitrogens with two attached hydrogens (primary N) is 3. The molecule has 0 aliphatic carbocycles. The summed E-state index contributed by atoms with van der Waals surface area (Å²) in [4.78, 5) is 33.8. The van der Waals surface area contributed by atoms with Gasteiger partial charge in [0.15, 0.2) is 6.10 Å². The zero-order valence-corrected chi connectivity index (χ0v) is 30.8. The van der Waals surface area contributed by atoms with Crippen molar-refractivity contribution >= 4 is 41.1 Å². The average Bonchev–Trinajstić information content (AvgIpc) is 3.64. The predicted octanol–water partition coefficient (Wildman–Crippen LogP) is 6.55. The number of rotatable bonds is 21. The first kappa shape index (κ1) is 40.6. The van der Waals surface area contributed by atoms with Crippen LogP contribution >= 0.6 is 23.4 Å². The minimum Gasteiger partial charge on any atom is -0.490 e. The smallest absolute Gasteiger partial charge is 0.306 e. The molecule has 15 heteroatoms. The molecule has 13 nitrogen and oxygen atoms in total. The summed E-state index contributed by atoms with van der Waals surface area (Å²) < 4.78 is 22.6. The lowest BCUT2D eigenvalue weighted by molar-refractivity contribution is -0.161. The van der Waals surface area contributed by atoms with E-state index in [-0.39, 0.29) is 43.0 Å². The van der Waals surface area contributed by atoms with Crippen molar-refractivity contribution in [2.45, 2.75) is 68.2 Å². The standard InChI is InChI=1S/C38H42ClN7O6S/c39-27-13-9-26(10-14-27)37-45-28(21-51-37)24-53-38-32(20-43)35(31(19-42)36(44)46-38)25-11-15-29(16-12-25)49-22-30(52-34(48)8-4-2-6-18-41)23-50-33(47)7-3-1-5-17-40/h9-16,21,30H,1-8,17-18,22-24,40-41H2,(H2,44,46). The van der Waals surface area contributed by atoms with Crippen LogP contribution < -0.4 is 21.9 Å². The van der Waals surface area contributed by atoms with Crippen molar-refractivity contribution in [2.75, 3.05) is 32.0 Å². The maximum Gasteiger partial charge on any atom is 0.306 e. The van der Waals surface area contributed by atoms with Gasteiger partial charge >= 0.3 is 11.9 Å². The van der Waals surface area contributed by atoms with Crippen LogP contribution in [0.15, 0.2) is 64.2 Å². The van der Waals surface area contributed by atoms with E-state index >= 15 is 0 Å². The first-order valence-corrected chi connectivity index (χ1v) is 18.6. The summed E-state index contributed by atoms with van der Waals surface area (Å²) in [5, 5.41) is 21.2. The number of esters is 2. The van der Waals surface area contributed by atoms with Gasteiger partial charge in [-0.25, -0.2) is 9.97 Å². The van der Waals surface area contributed by atoms with Crippen molar-refractivity contribution in [1.29, 1.82) is 10.5 Å². The zero-order chi connectivity index (χ0) is 38.0. The molecule has 0 aliphatic rings. The molecule has 4 rings (SSSR count). The van der Waals surface area contributed by atoms with Crippen LogP contribution in [0.3, 0.4) is 0 Å². The van der Waals surface area contributed by atoms with Gasteiger partial charge in [-0.2, -0.15) is 10.5 Å². The Labute approximate surface area is 317 Å². The second-order valence-corrected chi connectivity index (χ2v) is 13.3. The maximum absolute atomic E-state index is 12.5. The Morgan fingerprint density at radius 2 is 1.47 bits per heavy atom. The fourth-order valence-corrected chi connectivity index (χ4v) is 6.14. The molecule has 4 aromatic rings. The van der Waals surface area contributed by atoms with Crippen molar-refractivity contribution in [3.63, 3.8) is 0 Å². The molecule has 2 aromatic carbocycles. The molecular weight excluding hydrogens is 718 g/mol. The Bertz CT molecular complexity index is 1890. The van der Waals surface area contributed by atoms with Crippen molar-refractivity contribution in [2.24, 2.45) is 11.5 Å². The summed E-state index contributed by atoms with van der Waals surface area (Å²) in [6.45, 7) is 0.871. The molecule has 0 spiro atoms. The van der Waals surface area contributed by atoms with Gasteiger partial charge in [0.1, 0.15) is 53.8 Å². The number of anilines is 1. The fourth-order valence-electron chi connectivity index (χ4n) is 5.14. The lowest BCUT2D eigenvalue weighted by Gasteiger charge is -2.19. The van der Waals surface area contributed by atoms with Crippen molar-refractivity contribution < 1.29 is 28.2 Å². The second kappa shape index (κ2) is 21.4. The molecule has 0 amide bonds. The SMILES string of the molecule is N#Cc1c(N)nc(SCc2coc(-c3ccc(Cl)cc3)n2)c(C#N)c1-c1ccc(OCC(COC(=O)CCCCCN)OC(=O)CCCCCN)cc1. The van der Waals surface area contributed by atoms with Crippen LogP contribution in [-0.4, -0.2) is 54.3 Å². The van der Waals surface area contributed by atoms with Gasteiger partial charge < -0.3 is 35.8 Å². The third-order valence-electron chi connectivity index (χ3n) is 7.89. The van der Waals surface area contributed by atoms with Gasteiger partial charge in [0, 0.05) is 34.7 Å². The predicted molar refractivity (Wildman–Crippen MR) is 201 cm³/mol. The van der Waals surface area contributed by atoms with Crippen molar-refractivity contribution in [3.8, 4) is 40.5 Å². The van der Waals surface area contributed by atoms with Crippen LogP contribution in [0.1, 0.15) is 68.2 Å². The molecule has 2 heterocycles. The first-order valence-electron chi connectivity index (χ1n) is 17.2. The molecule has 1 atom stereocenters. The molecule has 0 aliphatic heterocycles. The van der Waals surface area contributed by atoms with Crippen LogP contribution in [0, 0.1) is 22.7 Å². The number of oxazole rings is 1. The van der Waals surface area contributed by atoms with Crippen molar-refractivity contribution in [1.82, 2.24) is 9.97 Å². The highest BCUT2D eigenvalue weighted by atomic mass is 35.5. The van der Waals surface area contributed by atoms with Gasteiger partial charge in [-0.15, -0.1) is 0 Å². The number of hydrogen-bond donors (Lipinski definition) is 3. The van der Waals surface area contributed by atoms with Gasteiger partial charge in [-0.1, -0.05) is 48.3 Å². The van der Waals surface area contributed by atoms with Crippen LogP contribution in [0.25, 0.3) is 22.6 Å². The number of carbonyl (C=O) groups excluding carboxylic acids is 2. The van der Waals surface area contributed by atoms with E-state index < -0.39 is 18.0 Å². The number of nitrogen functional groups attached to an aromatic ring is 1. The number of pyridine rings is 1. The minimum absolute atomic E-state index is 0.0204. The molecule has 0 radical (unpaired) electrons. The Morgan fingerprint density at radius 1 is 0.830 bits per heavy atom. The molecule has 0 saturated carbocycles. The topological polar surface area (TPSA) is 226 Å². The van der Waals surface area contributed by atoms with Crippen LogP contribution in [0.5, 0.6) is 5.75 Å². The number of unbranched alkanes of at least 4 members (excludes halogenated alkanes) is 4. The summed E-state index contributed by atoms with van der Waals surface area (Å²) in [5.74, 6) is 0.322. The van der Waals surface area contributed by atoms with Crippen LogP contribution in [-0.2, 0) is 24.8 Å². The summed E-state index contributed by atoms with van der Waals surface area (Å²) >= 11 is 7.23. The number of benzene rings is 2. The highest BCUT2D eigenvalue weighted by molar-refractivity contribution is 7.98. The van der Waals surface area contributed by atoms with Gasteiger partial charge in [0.05, 0.1) is 11.3 Å². The van der Waals surface area contributed by atoms with Crippen LogP contribution in [0.4, 0.5) is 5.82 Å². The summed E-state index contributed by atoms with van der Waals surface area (Å²) in [6.07, 6.45) is 5.67. The summed E-state index contributed by atoms with van der Waals surface area (Å²) in [6, 6.07) is 18.1. The number of aromatic nitrogens is 2. The van der Waals surface area contributed by atoms with E-state index in [1.54, 1.807) is 48.5 Å². The highest BCUT2D eigenvalue weighted by Gasteiger charge is 2.22. The van der Waals surface area contributed by atoms with Crippen molar-refractivity contribution in [3.05, 3.63) is 76.6 Å². The number of halogens is 1. The molecule has 0 fully saturated rings. The quantitative estimate of drug-likeness (QED) is 0.0465. The van der Waals surface area contributed by atoms with Gasteiger partial charge in [-0.05, 0) is 80.7 Å². The van der Waals surface area contributed by atoms with Gasteiger partial charge in [-0.3, -0.25) is 9.59 Å². The zero-order valence-electron chi connectivity index (χ0n) is 29.2. The molecule has 278 valence electrons. The third-order valence-corrected chi connectivity index (χ3v) is 9.15. The molecule has 1 unspecified atom stereocenters. The largest absolute Gasteiger partial charge is 0.490 e. The molecule has 53 heavy (non-hydrogen) atoms.